The predicted octanol–water partition coefficient (Wildman–Crippen LogP) is 1.40. The van der Waals surface area contributed by atoms with Gasteiger partial charge in [-0.25, -0.2) is 0 Å². The van der Waals surface area contributed by atoms with Crippen LogP contribution < -0.4 is 5.73 Å². The van der Waals surface area contributed by atoms with E-state index >= 15 is 0 Å². The molecule has 0 saturated heterocycles. The van der Waals surface area contributed by atoms with E-state index in [1.807, 2.05) is 25.1 Å². The Bertz CT molecular complexity index is 341. The average Bonchev–Trinajstić information content (AvgIpc) is 2.37. The van der Waals surface area contributed by atoms with E-state index in [1.54, 1.807) is 0 Å². The van der Waals surface area contributed by atoms with Gasteiger partial charge in [0, 0.05) is 13.1 Å². The van der Waals surface area contributed by atoms with Crippen molar-refractivity contribution in [2.75, 3.05) is 26.2 Å². The van der Waals surface area contributed by atoms with Gasteiger partial charge in [0.05, 0.1) is 13.2 Å². The van der Waals surface area contributed by atoms with Crippen molar-refractivity contribution in [2.24, 2.45) is 5.73 Å². The molecule has 0 spiro atoms. The molecule has 0 aliphatic carbocycles. The van der Waals surface area contributed by atoms with Crippen LogP contribution in [0.15, 0.2) is 30.3 Å². The van der Waals surface area contributed by atoms with Crippen LogP contribution in [0.5, 0.6) is 0 Å². The van der Waals surface area contributed by atoms with Crippen molar-refractivity contribution in [3.05, 3.63) is 35.9 Å². The standard InChI is InChI=1S/C14H22N2O2/c1-2-18-14(17)12-16(10-6-9-15)11-13-7-4-3-5-8-13/h3-5,7-8H,2,6,9-12,15H2,1H3. The Balaban J connectivity index is 2.52. The van der Waals surface area contributed by atoms with Gasteiger partial charge in [-0.3, -0.25) is 9.69 Å². The van der Waals surface area contributed by atoms with Gasteiger partial charge in [-0.1, -0.05) is 30.3 Å². The third kappa shape index (κ3) is 5.80. The number of esters is 1. The lowest BCUT2D eigenvalue weighted by Crippen LogP contribution is -2.32. The molecule has 0 aliphatic heterocycles. The molecule has 0 aliphatic rings. The summed E-state index contributed by atoms with van der Waals surface area (Å²) >= 11 is 0. The summed E-state index contributed by atoms with van der Waals surface area (Å²) in [4.78, 5) is 13.6. The van der Waals surface area contributed by atoms with Crippen LogP contribution in [0.1, 0.15) is 18.9 Å². The van der Waals surface area contributed by atoms with Crippen molar-refractivity contribution >= 4 is 5.97 Å². The summed E-state index contributed by atoms with van der Waals surface area (Å²) in [5.74, 6) is -0.176. The molecule has 2 N–H and O–H groups in total. The summed E-state index contributed by atoms with van der Waals surface area (Å²) in [6.07, 6.45) is 0.881. The van der Waals surface area contributed by atoms with E-state index in [1.165, 1.54) is 5.56 Å². The highest BCUT2D eigenvalue weighted by atomic mass is 16.5. The molecule has 0 fully saturated rings. The highest BCUT2D eigenvalue weighted by molar-refractivity contribution is 5.71. The topological polar surface area (TPSA) is 55.6 Å². The third-order valence-electron chi connectivity index (χ3n) is 2.59. The van der Waals surface area contributed by atoms with E-state index in [4.69, 9.17) is 10.5 Å². The number of nitrogens with zero attached hydrogens (tertiary/aromatic N) is 1. The number of carbonyl (C=O) groups is 1. The Morgan fingerprint density at radius 3 is 2.67 bits per heavy atom. The summed E-state index contributed by atoms with van der Waals surface area (Å²) in [5, 5.41) is 0. The summed E-state index contributed by atoms with van der Waals surface area (Å²) in [6, 6.07) is 10.1. The summed E-state index contributed by atoms with van der Waals surface area (Å²) < 4.78 is 4.98. The van der Waals surface area contributed by atoms with Crippen LogP contribution >= 0.6 is 0 Å². The SMILES string of the molecule is CCOC(=O)CN(CCCN)Cc1ccccc1. The van der Waals surface area contributed by atoms with Gasteiger partial charge in [-0.15, -0.1) is 0 Å². The minimum Gasteiger partial charge on any atom is -0.465 e. The van der Waals surface area contributed by atoms with Gasteiger partial charge < -0.3 is 10.5 Å². The molecule has 1 aromatic carbocycles. The number of carbonyl (C=O) groups excluding carboxylic acids is 1. The second-order valence-corrected chi connectivity index (χ2v) is 4.14. The van der Waals surface area contributed by atoms with E-state index in [-0.39, 0.29) is 5.97 Å². The zero-order valence-electron chi connectivity index (χ0n) is 11.0. The summed E-state index contributed by atoms with van der Waals surface area (Å²) in [6.45, 7) is 4.76. The Morgan fingerprint density at radius 2 is 2.06 bits per heavy atom. The number of benzene rings is 1. The van der Waals surface area contributed by atoms with Crippen LogP contribution in [0.4, 0.5) is 0 Å². The van der Waals surface area contributed by atoms with Gasteiger partial charge in [-0.2, -0.15) is 0 Å². The van der Waals surface area contributed by atoms with Gasteiger partial charge in [-0.05, 0) is 25.5 Å². The fourth-order valence-electron chi connectivity index (χ4n) is 1.76. The molecular formula is C14H22N2O2. The number of hydrogen-bond donors (Lipinski definition) is 1. The normalized spacial score (nSPS) is 10.6. The van der Waals surface area contributed by atoms with Crippen LogP contribution in [0, 0.1) is 0 Å². The van der Waals surface area contributed by atoms with Crippen molar-refractivity contribution in [2.45, 2.75) is 19.9 Å². The van der Waals surface area contributed by atoms with Crippen molar-refractivity contribution < 1.29 is 9.53 Å². The molecule has 4 heteroatoms. The summed E-state index contributed by atoms with van der Waals surface area (Å²) in [7, 11) is 0. The number of nitrogens with two attached hydrogens (primary N) is 1. The van der Waals surface area contributed by atoms with Crippen LogP contribution in [-0.4, -0.2) is 37.1 Å². The van der Waals surface area contributed by atoms with Crippen molar-refractivity contribution in [3.63, 3.8) is 0 Å². The number of ether oxygens (including phenoxy) is 1. The molecule has 1 aromatic rings. The highest BCUT2D eigenvalue weighted by Crippen LogP contribution is 2.05. The van der Waals surface area contributed by atoms with Gasteiger partial charge in [0.1, 0.15) is 0 Å². The first kappa shape index (κ1) is 14.7. The fourth-order valence-corrected chi connectivity index (χ4v) is 1.76. The molecule has 18 heavy (non-hydrogen) atoms. The molecule has 0 atom stereocenters. The average molecular weight is 250 g/mol. The van der Waals surface area contributed by atoms with Crippen LogP contribution in [0.3, 0.4) is 0 Å². The van der Waals surface area contributed by atoms with Crippen molar-refractivity contribution in [1.29, 1.82) is 0 Å². The quantitative estimate of drug-likeness (QED) is 0.709. The molecule has 1 rings (SSSR count). The predicted molar refractivity (Wildman–Crippen MR) is 72.0 cm³/mol. The van der Waals surface area contributed by atoms with Crippen LogP contribution in [0.25, 0.3) is 0 Å². The lowest BCUT2D eigenvalue weighted by Gasteiger charge is -2.21. The molecule has 100 valence electrons. The molecule has 0 radical (unpaired) electrons. The van der Waals surface area contributed by atoms with Crippen molar-refractivity contribution in [1.82, 2.24) is 4.90 Å². The Morgan fingerprint density at radius 1 is 1.33 bits per heavy atom. The number of rotatable bonds is 8. The maximum Gasteiger partial charge on any atom is 0.320 e. The van der Waals surface area contributed by atoms with Gasteiger partial charge in [0.2, 0.25) is 0 Å². The first-order valence-electron chi connectivity index (χ1n) is 6.38. The monoisotopic (exact) mass is 250 g/mol. The molecule has 0 saturated carbocycles. The summed E-state index contributed by atoms with van der Waals surface area (Å²) in [5.41, 5.74) is 6.71. The Kier molecular flexibility index (Phi) is 7.06. The smallest absolute Gasteiger partial charge is 0.320 e. The molecule has 0 unspecified atom stereocenters. The van der Waals surface area contributed by atoms with E-state index in [2.05, 4.69) is 17.0 Å². The van der Waals surface area contributed by atoms with E-state index in [0.29, 0.717) is 19.7 Å². The lowest BCUT2D eigenvalue weighted by molar-refractivity contribution is -0.144. The van der Waals surface area contributed by atoms with Crippen LogP contribution in [-0.2, 0) is 16.1 Å². The van der Waals surface area contributed by atoms with E-state index < -0.39 is 0 Å². The minimum atomic E-state index is -0.176. The zero-order valence-corrected chi connectivity index (χ0v) is 11.0. The molecule has 0 amide bonds. The fraction of sp³-hybridized carbons (Fsp3) is 0.500. The second-order valence-electron chi connectivity index (χ2n) is 4.14. The third-order valence-corrected chi connectivity index (χ3v) is 2.59. The molecule has 0 heterocycles. The Hall–Kier alpha value is -1.39. The van der Waals surface area contributed by atoms with Gasteiger partial charge >= 0.3 is 5.97 Å². The first-order chi connectivity index (χ1) is 8.76. The van der Waals surface area contributed by atoms with Gasteiger partial charge in [0.25, 0.3) is 0 Å². The van der Waals surface area contributed by atoms with Crippen molar-refractivity contribution in [3.8, 4) is 0 Å². The largest absolute Gasteiger partial charge is 0.465 e. The van der Waals surface area contributed by atoms with Gasteiger partial charge in [0.15, 0.2) is 0 Å². The Labute approximate surface area is 109 Å². The zero-order chi connectivity index (χ0) is 13.2. The maximum absolute atomic E-state index is 11.5. The maximum atomic E-state index is 11.5. The lowest BCUT2D eigenvalue weighted by atomic mass is 10.2. The molecule has 0 aromatic heterocycles. The molecule has 4 nitrogen and oxygen atoms in total. The van der Waals surface area contributed by atoms with Crippen LogP contribution in [0.2, 0.25) is 0 Å². The molecular weight excluding hydrogens is 228 g/mol. The van der Waals surface area contributed by atoms with E-state index in [9.17, 15) is 4.79 Å². The minimum absolute atomic E-state index is 0.176. The second kappa shape index (κ2) is 8.66. The molecule has 0 bridgehead atoms. The highest BCUT2D eigenvalue weighted by Gasteiger charge is 2.11. The first-order valence-corrected chi connectivity index (χ1v) is 6.38. The van der Waals surface area contributed by atoms with E-state index in [0.717, 1.165) is 19.5 Å². The number of hydrogen-bond acceptors (Lipinski definition) is 4.